The molecule has 8 nitrogen and oxygen atoms in total. The number of nitrogens with zero attached hydrogens (tertiary/aromatic N) is 1. The quantitative estimate of drug-likeness (QED) is 0.568. The monoisotopic (exact) mass is 480 g/mol. The molecule has 2 amide bonds. The lowest BCUT2D eigenvalue weighted by Gasteiger charge is -2.32. The molecule has 35 heavy (non-hydrogen) atoms. The molecule has 2 aromatic rings. The van der Waals surface area contributed by atoms with Gasteiger partial charge < -0.3 is 24.8 Å². The molecule has 1 aliphatic heterocycles. The Morgan fingerprint density at radius 3 is 2.26 bits per heavy atom. The average Bonchev–Trinajstić information content (AvgIpc) is 3.46. The van der Waals surface area contributed by atoms with Crippen LogP contribution in [-0.4, -0.2) is 66.4 Å². The van der Waals surface area contributed by atoms with Gasteiger partial charge in [-0.1, -0.05) is 61.9 Å². The molecule has 2 unspecified atom stereocenters. The van der Waals surface area contributed by atoms with Gasteiger partial charge in [-0.3, -0.25) is 9.59 Å². The largest absolute Gasteiger partial charge is 0.481 e. The van der Waals surface area contributed by atoms with Gasteiger partial charge in [-0.2, -0.15) is 0 Å². The van der Waals surface area contributed by atoms with E-state index in [1.807, 2.05) is 43.3 Å². The van der Waals surface area contributed by atoms with Crippen molar-refractivity contribution in [2.24, 2.45) is 5.92 Å². The van der Waals surface area contributed by atoms with Crippen molar-refractivity contribution < 1.29 is 29.0 Å². The van der Waals surface area contributed by atoms with Gasteiger partial charge in [0.2, 0.25) is 5.91 Å². The fraction of sp³-hybridized carbons (Fsp3) is 0.444. The molecule has 1 saturated heterocycles. The Labute approximate surface area is 205 Å². The lowest BCUT2D eigenvalue weighted by Crippen LogP contribution is -2.54. The minimum absolute atomic E-state index is 0.0715. The highest BCUT2D eigenvalue weighted by Crippen LogP contribution is 2.44. The van der Waals surface area contributed by atoms with E-state index in [4.69, 9.17) is 9.47 Å². The maximum Gasteiger partial charge on any atom is 0.407 e. The number of carbonyl (C=O) groups is 3. The number of hydrogen-bond donors (Lipinski definition) is 2. The van der Waals surface area contributed by atoms with Crippen molar-refractivity contribution in [2.45, 2.75) is 44.7 Å². The van der Waals surface area contributed by atoms with Crippen molar-refractivity contribution in [1.29, 1.82) is 0 Å². The first-order chi connectivity index (χ1) is 17.0. The van der Waals surface area contributed by atoms with Crippen LogP contribution in [0.25, 0.3) is 11.1 Å². The second-order valence-corrected chi connectivity index (χ2v) is 8.98. The molecule has 1 heterocycles. The van der Waals surface area contributed by atoms with Crippen LogP contribution in [0.4, 0.5) is 4.79 Å². The van der Waals surface area contributed by atoms with Crippen molar-refractivity contribution >= 4 is 18.0 Å². The predicted molar refractivity (Wildman–Crippen MR) is 130 cm³/mol. The Morgan fingerprint density at radius 1 is 1.06 bits per heavy atom. The normalized spacial score (nSPS) is 19.5. The van der Waals surface area contributed by atoms with E-state index in [2.05, 4.69) is 17.4 Å². The van der Waals surface area contributed by atoms with E-state index in [-0.39, 0.29) is 31.6 Å². The number of hydrogen-bond acceptors (Lipinski definition) is 5. The van der Waals surface area contributed by atoms with Crippen molar-refractivity contribution in [2.75, 3.05) is 26.4 Å². The van der Waals surface area contributed by atoms with E-state index in [1.165, 1.54) is 4.90 Å². The summed E-state index contributed by atoms with van der Waals surface area (Å²) in [5, 5.41) is 12.2. The lowest BCUT2D eigenvalue weighted by atomic mass is 9.98. The predicted octanol–water partition coefficient (Wildman–Crippen LogP) is 3.64. The number of amides is 2. The summed E-state index contributed by atoms with van der Waals surface area (Å²) in [6.07, 6.45) is 0.429. The zero-order chi connectivity index (χ0) is 24.9. The van der Waals surface area contributed by atoms with Crippen molar-refractivity contribution in [3.63, 3.8) is 0 Å². The van der Waals surface area contributed by atoms with E-state index < -0.39 is 30.1 Å². The summed E-state index contributed by atoms with van der Waals surface area (Å²) >= 11 is 0. The number of nitrogens with one attached hydrogen (secondary N) is 1. The number of fused-ring (bicyclic) bond motifs is 3. The molecule has 2 aliphatic rings. The highest BCUT2D eigenvalue weighted by atomic mass is 16.5. The Bertz CT molecular complexity index is 1040. The maximum absolute atomic E-state index is 13.3. The number of alkyl carbamates (subject to hydrolysis) is 1. The second kappa shape index (κ2) is 10.9. The fourth-order valence-electron chi connectivity index (χ4n) is 5.17. The highest BCUT2D eigenvalue weighted by molar-refractivity contribution is 5.87. The summed E-state index contributed by atoms with van der Waals surface area (Å²) in [5.41, 5.74) is 4.50. The number of carbonyl (C=O) groups excluding carboxylic acids is 2. The van der Waals surface area contributed by atoms with Gasteiger partial charge in [-0.15, -0.1) is 0 Å². The molecular weight excluding hydrogens is 448 g/mol. The first kappa shape index (κ1) is 24.7. The van der Waals surface area contributed by atoms with Crippen LogP contribution >= 0.6 is 0 Å². The summed E-state index contributed by atoms with van der Waals surface area (Å²) in [6.45, 7) is 4.44. The van der Waals surface area contributed by atoms with Crippen LogP contribution in [0.1, 0.15) is 43.7 Å². The Balaban J connectivity index is 1.43. The number of carboxylic acid groups (broad SMARTS) is 1. The summed E-state index contributed by atoms with van der Waals surface area (Å²) < 4.78 is 11.0. The molecule has 1 aliphatic carbocycles. The minimum atomic E-state index is -0.990. The highest BCUT2D eigenvalue weighted by Gasteiger charge is 2.41. The van der Waals surface area contributed by atoms with Gasteiger partial charge in [-0.25, -0.2) is 4.79 Å². The van der Waals surface area contributed by atoms with E-state index in [1.54, 1.807) is 6.92 Å². The third kappa shape index (κ3) is 5.03. The number of likely N-dealkylation sites (N-methyl/N-ethyl adjacent to an activating group) is 1. The van der Waals surface area contributed by atoms with Gasteiger partial charge in [0.05, 0.1) is 19.3 Å². The van der Waals surface area contributed by atoms with Gasteiger partial charge in [0, 0.05) is 12.5 Å². The molecule has 0 aromatic heterocycles. The van der Waals surface area contributed by atoms with Crippen molar-refractivity contribution in [3.8, 4) is 11.1 Å². The molecule has 0 radical (unpaired) electrons. The minimum Gasteiger partial charge on any atom is -0.481 e. The van der Waals surface area contributed by atoms with Crippen LogP contribution < -0.4 is 5.32 Å². The average molecular weight is 481 g/mol. The molecule has 0 saturated carbocycles. The van der Waals surface area contributed by atoms with E-state index in [0.29, 0.717) is 19.4 Å². The molecule has 0 bridgehead atoms. The number of carboxylic acids is 1. The van der Waals surface area contributed by atoms with Crippen LogP contribution in [0.2, 0.25) is 0 Å². The van der Waals surface area contributed by atoms with Gasteiger partial charge in [0.15, 0.2) is 0 Å². The Hall–Kier alpha value is -3.39. The zero-order valence-corrected chi connectivity index (χ0v) is 20.1. The van der Waals surface area contributed by atoms with Crippen molar-refractivity contribution in [3.05, 3.63) is 59.7 Å². The van der Waals surface area contributed by atoms with Crippen LogP contribution in [0, 0.1) is 5.92 Å². The number of ether oxygens (including phenoxy) is 2. The van der Waals surface area contributed by atoms with Gasteiger partial charge in [-0.05, 0) is 35.6 Å². The molecule has 2 aromatic carbocycles. The number of benzene rings is 2. The molecule has 2 N–H and O–H groups in total. The van der Waals surface area contributed by atoms with E-state index in [9.17, 15) is 19.5 Å². The smallest absolute Gasteiger partial charge is 0.407 e. The zero-order valence-electron chi connectivity index (χ0n) is 20.1. The number of aliphatic carboxylic acids is 1. The van der Waals surface area contributed by atoms with Crippen molar-refractivity contribution in [1.82, 2.24) is 10.2 Å². The molecule has 186 valence electrons. The summed E-state index contributed by atoms with van der Waals surface area (Å²) in [6, 6.07) is 14.8. The van der Waals surface area contributed by atoms with Crippen LogP contribution in [0.15, 0.2) is 48.5 Å². The SMILES string of the molecule is CCC[C@@H](NC(=O)OCC1c2ccccc2-c2ccccc21)C(=O)N(CC)C1COCC1C(=O)O. The summed E-state index contributed by atoms with van der Waals surface area (Å²) in [5.74, 6) is -2.16. The van der Waals surface area contributed by atoms with Gasteiger partial charge >= 0.3 is 12.1 Å². The molecule has 8 heteroatoms. The first-order valence-electron chi connectivity index (χ1n) is 12.2. The third-order valence-electron chi connectivity index (χ3n) is 6.90. The summed E-state index contributed by atoms with van der Waals surface area (Å²) in [7, 11) is 0. The second-order valence-electron chi connectivity index (χ2n) is 8.98. The number of rotatable bonds is 9. The Kier molecular flexibility index (Phi) is 7.70. The van der Waals surface area contributed by atoms with Gasteiger partial charge in [0.1, 0.15) is 18.6 Å². The molecule has 4 rings (SSSR count). The fourth-order valence-corrected chi connectivity index (χ4v) is 5.17. The third-order valence-corrected chi connectivity index (χ3v) is 6.90. The maximum atomic E-state index is 13.3. The van der Waals surface area contributed by atoms with E-state index >= 15 is 0 Å². The molecule has 0 spiro atoms. The van der Waals surface area contributed by atoms with Crippen LogP contribution in [0.3, 0.4) is 0 Å². The Morgan fingerprint density at radius 2 is 1.69 bits per heavy atom. The lowest BCUT2D eigenvalue weighted by molar-refractivity contribution is -0.145. The summed E-state index contributed by atoms with van der Waals surface area (Å²) in [4.78, 5) is 39.3. The van der Waals surface area contributed by atoms with Crippen LogP contribution in [-0.2, 0) is 19.1 Å². The van der Waals surface area contributed by atoms with Gasteiger partial charge in [0.25, 0.3) is 0 Å². The van der Waals surface area contributed by atoms with E-state index in [0.717, 1.165) is 22.3 Å². The standard InChI is InChI=1S/C27H32N2O6/c1-3-9-23(25(30)29(4-2)24-16-34-14-22(24)26(31)32)28-27(33)35-15-21-19-12-7-5-10-17(19)18-11-6-8-13-20(18)21/h5-8,10-13,21-24H,3-4,9,14-16H2,1-2H3,(H,28,33)(H,31,32)/t22?,23-,24?/m1/s1. The molecular formula is C27H32N2O6. The van der Waals surface area contributed by atoms with Crippen LogP contribution in [0.5, 0.6) is 0 Å². The first-order valence-corrected chi connectivity index (χ1v) is 12.2. The molecule has 3 atom stereocenters. The molecule has 1 fully saturated rings. The topological polar surface area (TPSA) is 105 Å².